The summed E-state index contributed by atoms with van der Waals surface area (Å²) in [6, 6.07) is 5.95. The second-order valence-corrected chi connectivity index (χ2v) is 10.7. The molecule has 2 heterocycles. The first-order valence-corrected chi connectivity index (χ1v) is 13.4. The van der Waals surface area contributed by atoms with Crippen LogP contribution in [0.4, 0.5) is 9.93 Å². The fourth-order valence-electron chi connectivity index (χ4n) is 3.57. The number of ether oxygens (including phenoxy) is 1. The number of anilines is 1. The molecule has 1 aliphatic rings. The van der Waals surface area contributed by atoms with Crippen LogP contribution in [-0.4, -0.2) is 60.8 Å². The predicted molar refractivity (Wildman–Crippen MR) is 127 cm³/mol. The lowest BCUT2D eigenvalue weighted by Gasteiger charge is -2.24. The van der Waals surface area contributed by atoms with Gasteiger partial charge in [0.2, 0.25) is 10.0 Å². The summed E-state index contributed by atoms with van der Waals surface area (Å²) < 4.78 is 32.3. The monoisotopic (exact) mass is 494 g/mol. The van der Waals surface area contributed by atoms with E-state index in [9.17, 15) is 18.0 Å². The van der Waals surface area contributed by atoms with Gasteiger partial charge in [0, 0.05) is 36.5 Å². The highest BCUT2D eigenvalue weighted by Crippen LogP contribution is 2.29. The summed E-state index contributed by atoms with van der Waals surface area (Å²) in [7, 11) is -3.60. The van der Waals surface area contributed by atoms with Crippen LogP contribution in [0.5, 0.6) is 0 Å². The van der Waals surface area contributed by atoms with Crippen LogP contribution in [-0.2, 0) is 27.7 Å². The van der Waals surface area contributed by atoms with Gasteiger partial charge in [-0.25, -0.2) is 18.2 Å². The summed E-state index contributed by atoms with van der Waals surface area (Å²) in [4.78, 5) is 31.8. The van der Waals surface area contributed by atoms with Crippen molar-refractivity contribution in [2.75, 3.05) is 31.6 Å². The molecule has 0 saturated heterocycles. The number of nitrogens with one attached hydrogen (secondary N) is 1. The third-order valence-corrected chi connectivity index (χ3v) is 8.09. The smallest absolute Gasteiger partial charge is 0.410 e. The molecule has 33 heavy (non-hydrogen) atoms. The van der Waals surface area contributed by atoms with Crippen molar-refractivity contribution in [3.05, 3.63) is 40.4 Å². The van der Waals surface area contributed by atoms with Gasteiger partial charge in [-0.05, 0) is 44.0 Å². The van der Waals surface area contributed by atoms with Gasteiger partial charge in [-0.15, -0.1) is 0 Å². The van der Waals surface area contributed by atoms with Crippen molar-refractivity contribution >= 4 is 38.5 Å². The molecular formula is C22H30N4O5S2. The molecule has 2 aromatic rings. The van der Waals surface area contributed by atoms with Crippen LogP contribution in [0.3, 0.4) is 0 Å². The van der Waals surface area contributed by atoms with Crippen LogP contribution < -0.4 is 5.32 Å². The predicted octanol–water partition coefficient (Wildman–Crippen LogP) is 3.72. The number of fused-ring (bicyclic) bond motifs is 1. The Labute approximate surface area is 198 Å². The van der Waals surface area contributed by atoms with Crippen molar-refractivity contribution in [1.29, 1.82) is 0 Å². The molecule has 11 heteroatoms. The van der Waals surface area contributed by atoms with Crippen molar-refractivity contribution in [2.24, 2.45) is 0 Å². The van der Waals surface area contributed by atoms with Crippen LogP contribution in [0.15, 0.2) is 29.2 Å². The number of carbonyl (C=O) groups is 2. The highest BCUT2D eigenvalue weighted by molar-refractivity contribution is 7.89. The second-order valence-electron chi connectivity index (χ2n) is 7.64. The molecule has 1 aromatic carbocycles. The molecular weight excluding hydrogens is 464 g/mol. The van der Waals surface area contributed by atoms with E-state index in [0.717, 1.165) is 23.4 Å². The first-order valence-electron chi connectivity index (χ1n) is 11.1. The fourth-order valence-corrected chi connectivity index (χ4v) is 6.21. The molecule has 0 bridgehead atoms. The minimum Gasteiger partial charge on any atom is -0.450 e. The third kappa shape index (κ3) is 5.90. The zero-order chi connectivity index (χ0) is 24.0. The van der Waals surface area contributed by atoms with Gasteiger partial charge in [-0.1, -0.05) is 25.2 Å². The molecule has 1 aromatic heterocycles. The summed E-state index contributed by atoms with van der Waals surface area (Å²) in [5.41, 5.74) is 1.21. The zero-order valence-corrected chi connectivity index (χ0v) is 20.8. The fraction of sp³-hybridized carbons (Fsp3) is 0.500. The topological polar surface area (TPSA) is 109 Å². The van der Waals surface area contributed by atoms with E-state index >= 15 is 0 Å². The summed E-state index contributed by atoms with van der Waals surface area (Å²) >= 11 is 1.32. The number of carbonyl (C=O) groups excluding carboxylic acids is 2. The van der Waals surface area contributed by atoms with Gasteiger partial charge in [0.25, 0.3) is 5.91 Å². The molecule has 0 saturated carbocycles. The molecule has 1 N–H and O–H groups in total. The summed E-state index contributed by atoms with van der Waals surface area (Å²) in [6.45, 7) is 7.81. The number of aromatic nitrogens is 1. The maximum absolute atomic E-state index is 12.9. The van der Waals surface area contributed by atoms with E-state index in [4.69, 9.17) is 4.74 Å². The Bertz CT molecular complexity index is 1080. The van der Waals surface area contributed by atoms with Crippen LogP contribution in [0.1, 0.15) is 54.5 Å². The van der Waals surface area contributed by atoms with Gasteiger partial charge >= 0.3 is 6.09 Å². The van der Waals surface area contributed by atoms with E-state index in [-0.39, 0.29) is 16.9 Å². The first kappa shape index (κ1) is 25.1. The van der Waals surface area contributed by atoms with Crippen molar-refractivity contribution in [2.45, 2.75) is 51.5 Å². The SMILES string of the molecule is CCCN(CCC)S(=O)(=O)c1ccc(C(=O)Nc2nc3c(s2)CN(C(=O)OCC)CC3)cc1. The summed E-state index contributed by atoms with van der Waals surface area (Å²) in [5, 5.41) is 3.23. The molecule has 0 atom stereocenters. The molecule has 180 valence electrons. The van der Waals surface area contributed by atoms with Gasteiger partial charge in [-0.3, -0.25) is 10.1 Å². The lowest BCUT2D eigenvalue weighted by molar-refractivity contribution is 0.102. The van der Waals surface area contributed by atoms with Gasteiger partial charge in [-0.2, -0.15) is 4.31 Å². The first-order chi connectivity index (χ1) is 15.8. The quantitative estimate of drug-likeness (QED) is 0.569. The Balaban J connectivity index is 1.68. The van der Waals surface area contributed by atoms with Gasteiger partial charge in [0.15, 0.2) is 5.13 Å². The molecule has 1 aliphatic heterocycles. The zero-order valence-electron chi connectivity index (χ0n) is 19.2. The number of thiazole rings is 1. The molecule has 0 aliphatic carbocycles. The summed E-state index contributed by atoms with van der Waals surface area (Å²) in [6.07, 6.45) is 1.71. The van der Waals surface area contributed by atoms with Gasteiger partial charge in [0.05, 0.1) is 23.7 Å². The average molecular weight is 495 g/mol. The average Bonchev–Trinajstić information content (AvgIpc) is 3.20. The van der Waals surface area contributed by atoms with Crippen LogP contribution >= 0.6 is 11.3 Å². The highest BCUT2D eigenvalue weighted by atomic mass is 32.2. The number of hydrogen-bond acceptors (Lipinski definition) is 7. The van der Waals surface area contributed by atoms with E-state index in [0.29, 0.717) is 49.9 Å². The number of rotatable bonds is 9. The van der Waals surface area contributed by atoms with E-state index in [1.165, 1.54) is 39.9 Å². The lowest BCUT2D eigenvalue weighted by Crippen LogP contribution is -2.35. The molecule has 0 fully saturated rings. The van der Waals surface area contributed by atoms with E-state index in [1.807, 2.05) is 13.8 Å². The largest absolute Gasteiger partial charge is 0.450 e. The van der Waals surface area contributed by atoms with Crippen molar-refractivity contribution < 1.29 is 22.7 Å². The Hall–Kier alpha value is -2.50. The van der Waals surface area contributed by atoms with Crippen LogP contribution in [0.25, 0.3) is 0 Å². The summed E-state index contributed by atoms with van der Waals surface area (Å²) in [5.74, 6) is -0.369. The van der Waals surface area contributed by atoms with Crippen molar-refractivity contribution in [3.8, 4) is 0 Å². The molecule has 9 nitrogen and oxygen atoms in total. The molecule has 3 rings (SSSR count). The Kier molecular flexibility index (Phi) is 8.44. The minimum absolute atomic E-state index is 0.171. The van der Waals surface area contributed by atoms with Crippen molar-refractivity contribution in [1.82, 2.24) is 14.2 Å². The lowest BCUT2D eigenvalue weighted by atomic mass is 10.2. The Morgan fingerprint density at radius 1 is 1.15 bits per heavy atom. The normalized spacial score (nSPS) is 13.6. The van der Waals surface area contributed by atoms with Gasteiger partial charge < -0.3 is 9.64 Å². The number of sulfonamides is 1. The molecule has 2 amide bonds. The Morgan fingerprint density at radius 3 is 2.42 bits per heavy atom. The van der Waals surface area contributed by atoms with E-state index in [1.54, 1.807) is 11.8 Å². The molecule has 0 radical (unpaired) electrons. The minimum atomic E-state index is -3.60. The third-order valence-electron chi connectivity index (χ3n) is 5.18. The molecule has 0 unspecified atom stereocenters. The van der Waals surface area contributed by atoms with E-state index < -0.39 is 10.0 Å². The number of hydrogen-bond donors (Lipinski definition) is 1. The maximum Gasteiger partial charge on any atom is 0.410 e. The van der Waals surface area contributed by atoms with Crippen molar-refractivity contribution in [3.63, 3.8) is 0 Å². The Morgan fingerprint density at radius 2 is 1.82 bits per heavy atom. The number of nitrogens with zero attached hydrogens (tertiary/aromatic N) is 3. The van der Waals surface area contributed by atoms with Crippen LogP contribution in [0, 0.1) is 0 Å². The van der Waals surface area contributed by atoms with E-state index in [2.05, 4.69) is 10.3 Å². The second kappa shape index (κ2) is 11.1. The maximum atomic E-state index is 12.9. The van der Waals surface area contributed by atoms with Crippen LogP contribution in [0.2, 0.25) is 0 Å². The standard InChI is InChI=1S/C22H30N4O5S2/c1-4-12-26(13-5-2)33(29,30)17-9-7-16(8-10-17)20(27)24-21-23-18-11-14-25(15-19(18)32-21)22(28)31-6-3/h7-10H,4-6,11-15H2,1-3H3,(H,23,24,27). The number of amides is 2. The number of benzene rings is 1. The van der Waals surface area contributed by atoms with Gasteiger partial charge in [0.1, 0.15) is 0 Å². The molecule has 0 spiro atoms. The highest BCUT2D eigenvalue weighted by Gasteiger charge is 2.26.